The van der Waals surface area contributed by atoms with Gasteiger partial charge in [0.25, 0.3) is 0 Å². The molecule has 1 aromatic heterocycles. The van der Waals surface area contributed by atoms with E-state index in [-0.39, 0.29) is 60.1 Å². The molecule has 0 saturated heterocycles. The topological polar surface area (TPSA) is 13.1 Å². The minimum Gasteiger partial charge on any atom is -0.456 e. The highest BCUT2D eigenvalue weighted by Gasteiger charge is 2.16. The number of para-hydroxylation sites is 1. The van der Waals surface area contributed by atoms with Gasteiger partial charge in [0.1, 0.15) is 11.2 Å². The second-order valence-corrected chi connectivity index (χ2v) is 10.5. The largest absolute Gasteiger partial charge is 0.456 e. The van der Waals surface area contributed by atoms with E-state index in [1.54, 1.807) is 36.4 Å². The predicted octanol–water partition coefficient (Wildman–Crippen LogP) is 11.9. The summed E-state index contributed by atoms with van der Waals surface area (Å²) in [5, 5.41) is -0.575. The first-order chi connectivity index (χ1) is 30.2. The lowest BCUT2D eigenvalue weighted by molar-refractivity contribution is 0.669. The molecule has 0 aliphatic rings. The summed E-state index contributed by atoms with van der Waals surface area (Å²) in [5.41, 5.74) is 0.306. The van der Waals surface area contributed by atoms with Gasteiger partial charge in [-0.05, 0) is 96.7 Å². The third-order valence-electron chi connectivity index (χ3n) is 7.94. The second-order valence-electron chi connectivity index (χ2n) is 10.5. The fraction of sp³-hybridized carbons (Fsp3) is 0.0455. The molecule has 0 N–H and O–H groups in total. The smallest absolute Gasteiger partial charge is 0.136 e. The van der Waals surface area contributed by atoms with E-state index in [0.29, 0.717) is 27.5 Å². The van der Waals surface area contributed by atoms with Crippen molar-refractivity contribution >= 4 is 54.3 Å². The molecule has 0 radical (unpaired) electrons. The molecule has 1 heterocycles. The molecule has 1 heteroatoms. The van der Waals surface area contributed by atoms with Crippen molar-refractivity contribution < 1.29 is 30.5 Å². The van der Waals surface area contributed by atoms with Gasteiger partial charge in [-0.15, -0.1) is 0 Å². The standard InChI is InChI=1S/C44H30O/c1-2-11-29(12-3-1)26-40-35-13-4-6-15-37(35)41(38-16-7-5-14-36(38)40)27-30-21-22-32-28-33(24-23-31(32)25-30)34-18-10-20-43-44(34)39-17-8-9-19-42(39)45-43/h1-25,28H,26-27H2/i1D,2D,3D,4D,5D,6D,7D,11D,12D,13D,14D,15D,16D,21D,22D,23D,24D,25D,28D. The van der Waals surface area contributed by atoms with Crippen molar-refractivity contribution in [2.24, 2.45) is 0 Å². The zero-order valence-electron chi connectivity index (χ0n) is 42.4. The maximum Gasteiger partial charge on any atom is 0.136 e. The number of rotatable bonds is 5. The van der Waals surface area contributed by atoms with E-state index in [9.17, 15) is 11.0 Å². The number of hydrogen-bond acceptors (Lipinski definition) is 1. The molecule has 45 heavy (non-hydrogen) atoms. The first kappa shape index (κ1) is 13.1. The summed E-state index contributed by atoms with van der Waals surface area (Å²) in [6, 6.07) is -0.0301. The van der Waals surface area contributed by atoms with E-state index in [0.717, 1.165) is 0 Å². The first-order valence-electron chi connectivity index (χ1n) is 23.6. The van der Waals surface area contributed by atoms with Crippen LogP contribution in [0.4, 0.5) is 0 Å². The SMILES string of the molecule is [2H]c1c([2H])c([2H])c(Cc2c3c([2H])c([2H])c([2H])c([2H])c3c(Cc3c([2H])c([2H])c4c([2H])c(-c5cccc6oc7ccccc7c56)c([2H])c([2H])c4c3[2H])c3c([2H])c([2H])c([2H])c([2H])c23)c([2H])c1[2H]. The Bertz CT molecular complexity index is 3500. The predicted molar refractivity (Wildman–Crippen MR) is 190 cm³/mol. The Kier molecular flexibility index (Phi) is 3.07. The molecule has 0 atom stereocenters. The minimum atomic E-state index is -0.747. The summed E-state index contributed by atoms with van der Waals surface area (Å²) in [4.78, 5) is 0. The Morgan fingerprint density at radius 3 is 1.80 bits per heavy atom. The van der Waals surface area contributed by atoms with Gasteiger partial charge in [0.2, 0.25) is 0 Å². The molecular formula is C44H30O. The normalized spacial score (nSPS) is 17.6. The molecular weight excluding hydrogens is 544 g/mol. The van der Waals surface area contributed by atoms with E-state index in [1.807, 2.05) is 6.07 Å². The summed E-state index contributed by atoms with van der Waals surface area (Å²) in [5.74, 6) is 0. The molecule has 9 aromatic rings. The third kappa shape index (κ3) is 4.39. The lowest BCUT2D eigenvalue weighted by Gasteiger charge is -2.17. The zero-order chi connectivity index (χ0) is 46.3. The molecule has 0 spiro atoms. The molecule has 0 amide bonds. The highest BCUT2D eigenvalue weighted by Crippen LogP contribution is 2.39. The number of furan rings is 1. The van der Waals surface area contributed by atoms with Crippen LogP contribution >= 0.6 is 0 Å². The van der Waals surface area contributed by atoms with Crippen LogP contribution in [0.1, 0.15) is 48.3 Å². The first-order valence-corrected chi connectivity index (χ1v) is 14.1. The number of benzene rings is 8. The van der Waals surface area contributed by atoms with Gasteiger partial charge in [-0.1, -0.05) is 139 Å². The number of fused-ring (bicyclic) bond motifs is 6. The summed E-state index contributed by atoms with van der Waals surface area (Å²) < 4.78 is 175. The number of hydrogen-bond donors (Lipinski definition) is 0. The van der Waals surface area contributed by atoms with Crippen LogP contribution in [0.2, 0.25) is 0 Å². The quantitative estimate of drug-likeness (QED) is 0.181. The molecule has 0 fully saturated rings. The average molecular weight is 594 g/mol. The van der Waals surface area contributed by atoms with Crippen LogP contribution in [0, 0.1) is 0 Å². The molecule has 0 bridgehead atoms. The summed E-state index contributed by atoms with van der Waals surface area (Å²) in [6.07, 6.45) is -1.31. The van der Waals surface area contributed by atoms with E-state index in [1.165, 1.54) is 0 Å². The van der Waals surface area contributed by atoms with Crippen LogP contribution in [0.5, 0.6) is 0 Å². The summed E-state index contributed by atoms with van der Waals surface area (Å²) >= 11 is 0. The van der Waals surface area contributed by atoms with Crippen molar-refractivity contribution in [3.05, 3.63) is 180 Å². The van der Waals surface area contributed by atoms with Crippen molar-refractivity contribution in [1.82, 2.24) is 0 Å². The van der Waals surface area contributed by atoms with Crippen LogP contribution < -0.4 is 0 Å². The monoisotopic (exact) mass is 593 g/mol. The Morgan fingerprint density at radius 1 is 0.467 bits per heavy atom. The van der Waals surface area contributed by atoms with Crippen molar-refractivity contribution in [2.45, 2.75) is 12.8 Å². The van der Waals surface area contributed by atoms with Crippen molar-refractivity contribution in [1.29, 1.82) is 0 Å². The molecule has 0 aliphatic heterocycles. The van der Waals surface area contributed by atoms with Crippen LogP contribution in [0.15, 0.2) is 162 Å². The summed E-state index contributed by atoms with van der Waals surface area (Å²) in [7, 11) is 0. The lowest BCUT2D eigenvalue weighted by atomic mass is 9.86. The van der Waals surface area contributed by atoms with E-state index >= 15 is 0 Å². The zero-order valence-corrected chi connectivity index (χ0v) is 23.4. The van der Waals surface area contributed by atoms with Crippen molar-refractivity contribution in [2.75, 3.05) is 0 Å². The highest BCUT2D eigenvalue weighted by atomic mass is 16.3. The van der Waals surface area contributed by atoms with Gasteiger partial charge >= 0.3 is 0 Å². The van der Waals surface area contributed by atoms with Gasteiger partial charge in [-0.2, -0.15) is 0 Å². The molecule has 1 nitrogen and oxygen atoms in total. The van der Waals surface area contributed by atoms with Gasteiger partial charge < -0.3 is 4.42 Å². The van der Waals surface area contributed by atoms with E-state index in [2.05, 4.69) is 0 Å². The Hall–Kier alpha value is -5.66. The Balaban J connectivity index is 1.38. The van der Waals surface area contributed by atoms with Gasteiger partial charge in [-0.25, -0.2) is 0 Å². The third-order valence-corrected chi connectivity index (χ3v) is 7.94. The fourth-order valence-corrected chi connectivity index (χ4v) is 5.97. The minimum absolute atomic E-state index is 0.0339. The Labute approximate surface area is 288 Å². The molecule has 212 valence electrons. The van der Waals surface area contributed by atoms with Crippen LogP contribution in [-0.4, -0.2) is 0 Å². The lowest BCUT2D eigenvalue weighted by Crippen LogP contribution is -1.98. The maximum atomic E-state index is 9.51. The van der Waals surface area contributed by atoms with E-state index < -0.39 is 128 Å². The van der Waals surface area contributed by atoms with Gasteiger partial charge in [0, 0.05) is 10.8 Å². The van der Waals surface area contributed by atoms with Crippen LogP contribution in [-0.2, 0) is 12.8 Å². The average Bonchev–Trinajstić information content (AvgIpc) is 3.67. The van der Waals surface area contributed by atoms with Gasteiger partial charge in [0.15, 0.2) is 0 Å². The Morgan fingerprint density at radius 2 is 1.07 bits per heavy atom. The molecule has 0 aliphatic carbocycles. The van der Waals surface area contributed by atoms with Gasteiger partial charge in [-0.3, -0.25) is 0 Å². The highest BCUT2D eigenvalue weighted by molar-refractivity contribution is 6.13. The molecule has 0 saturated carbocycles. The van der Waals surface area contributed by atoms with Crippen molar-refractivity contribution in [3.8, 4) is 11.1 Å². The fourth-order valence-electron chi connectivity index (χ4n) is 5.97. The van der Waals surface area contributed by atoms with Crippen molar-refractivity contribution in [3.63, 3.8) is 0 Å². The maximum absolute atomic E-state index is 9.51. The molecule has 0 unspecified atom stereocenters. The van der Waals surface area contributed by atoms with E-state index in [4.69, 9.17) is 19.5 Å². The summed E-state index contributed by atoms with van der Waals surface area (Å²) in [6.45, 7) is 0. The van der Waals surface area contributed by atoms with Crippen LogP contribution in [0.25, 0.3) is 65.4 Å². The molecule has 9 rings (SSSR count). The van der Waals surface area contributed by atoms with Gasteiger partial charge in [0.05, 0.1) is 26.0 Å². The van der Waals surface area contributed by atoms with Crippen LogP contribution in [0.3, 0.4) is 0 Å². The molecule has 8 aromatic carbocycles. The second kappa shape index (κ2) is 10.5.